The first-order valence-electron chi connectivity index (χ1n) is 6.32. The Morgan fingerprint density at radius 1 is 1.30 bits per heavy atom. The van der Waals surface area contributed by atoms with E-state index in [1.165, 1.54) is 17.4 Å². The summed E-state index contributed by atoms with van der Waals surface area (Å²) >= 11 is 0. The van der Waals surface area contributed by atoms with Crippen LogP contribution >= 0.6 is 0 Å². The number of aromatic carboxylic acids is 1. The molecule has 106 valence electrons. The number of fused-ring (bicyclic) bond motifs is 2. The summed E-state index contributed by atoms with van der Waals surface area (Å²) in [6, 6.07) is 0. The second-order valence-corrected chi connectivity index (χ2v) is 4.82. The lowest BCUT2D eigenvalue weighted by Crippen LogP contribution is -2.52. The standard InChI is InChI=1S/C12H13N3O5/c16-10-8-1-2-9(20-8)11(17)15(10)4-3-14-5-7(12(18)19)13-6-14/h5-6,8-9H,1-4H2,(H,18,19). The Morgan fingerprint density at radius 2 is 1.95 bits per heavy atom. The van der Waals surface area contributed by atoms with E-state index in [2.05, 4.69) is 4.98 Å². The summed E-state index contributed by atoms with van der Waals surface area (Å²) in [5, 5.41) is 8.77. The summed E-state index contributed by atoms with van der Waals surface area (Å²) in [5.41, 5.74) is -0.0651. The fourth-order valence-electron chi connectivity index (χ4n) is 2.49. The molecule has 2 bridgehead atoms. The minimum Gasteiger partial charge on any atom is -0.476 e. The van der Waals surface area contributed by atoms with E-state index in [4.69, 9.17) is 9.84 Å². The highest BCUT2D eigenvalue weighted by Gasteiger charge is 2.46. The van der Waals surface area contributed by atoms with Crippen molar-refractivity contribution in [2.45, 2.75) is 31.6 Å². The van der Waals surface area contributed by atoms with E-state index in [0.717, 1.165) is 0 Å². The summed E-state index contributed by atoms with van der Waals surface area (Å²) in [6.45, 7) is 0.515. The Bertz CT molecular complexity index is 559. The second kappa shape index (κ2) is 4.71. The van der Waals surface area contributed by atoms with Gasteiger partial charge in [-0.3, -0.25) is 14.5 Å². The molecular formula is C12H13N3O5. The smallest absolute Gasteiger partial charge is 0.356 e. The third-order valence-electron chi connectivity index (χ3n) is 3.54. The molecule has 8 heteroatoms. The van der Waals surface area contributed by atoms with Crippen LogP contribution in [0.4, 0.5) is 0 Å². The molecule has 1 N–H and O–H groups in total. The van der Waals surface area contributed by atoms with Gasteiger partial charge in [-0.2, -0.15) is 0 Å². The maximum atomic E-state index is 12.0. The third-order valence-corrected chi connectivity index (χ3v) is 3.54. The van der Waals surface area contributed by atoms with E-state index < -0.39 is 18.2 Å². The number of carboxylic acid groups (broad SMARTS) is 1. The number of carbonyl (C=O) groups is 3. The van der Waals surface area contributed by atoms with E-state index in [1.807, 2.05) is 0 Å². The topological polar surface area (TPSA) is 102 Å². The summed E-state index contributed by atoms with van der Waals surface area (Å²) in [6.07, 6.45) is 2.89. The minimum absolute atomic E-state index is 0.0651. The van der Waals surface area contributed by atoms with Crippen molar-refractivity contribution >= 4 is 17.8 Å². The van der Waals surface area contributed by atoms with Crippen LogP contribution in [-0.4, -0.2) is 56.1 Å². The van der Waals surface area contributed by atoms with Gasteiger partial charge < -0.3 is 14.4 Å². The van der Waals surface area contributed by atoms with Gasteiger partial charge in [0.25, 0.3) is 11.8 Å². The molecule has 2 saturated heterocycles. The summed E-state index contributed by atoms with van der Waals surface area (Å²) < 4.78 is 6.85. The number of nitrogens with zero attached hydrogens (tertiary/aromatic N) is 3. The molecule has 0 radical (unpaired) electrons. The van der Waals surface area contributed by atoms with Crippen molar-refractivity contribution < 1.29 is 24.2 Å². The number of imide groups is 1. The summed E-state index contributed by atoms with van der Waals surface area (Å²) in [7, 11) is 0. The van der Waals surface area contributed by atoms with Gasteiger partial charge in [-0.25, -0.2) is 9.78 Å². The molecule has 0 spiro atoms. The first kappa shape index (κ1) is 12.8. The number of amides is 2. The first-order valence-corrected chi connectivity index (χ1v) is 6.32. The highest BCUT2D eigenvalue weighted by molar-refractivity contribution is 6.02. The van der Waals surface area contributed by atoms with Crippen molar-refractivity contribution in [2.75, 3.05) is 6.54 Å². The second-order valence-electron chi connectivity index (χ2n) is 4.82. The molecule has 2 amide bonds. The molecule has 0 aliphatic carbocycles. The van der Waals surface area contributed by atoms with Crippen LogP contribution in [0.2, 0.25) is 0 Å². The number of carboxylic acids is 1. The zero-order valence-corrected chi connectivity index (χ0v) is 10.6. The number of hydrogen-bond acceptors (Lipinski definition) is 5. The lowest BCUT2D eigenvalue weighted by Gasteiger charge is -2.29. The van der Waals surface area contributed by atoms with Crippen LogP contribution in [-0.2, 0) is 20.9 Å². The van der Waals surface area contributed by atoms with Crippen LogP contribution in [0.5, 0.6) is 0 Å². The van der Waals surface area contributed by atoms with E-state index in [1.54, 1.807) is 4.57 Å². The van der Waals surface area contributed by atoms with E-state index in [-0.39, 0.29) is 24.1 Å². The van der Waals surface area contributed by atoms with Crippen molar-refractivity contribution in [1.82, 2.24) is 14.5 Å². The highest BCUT2D eigenvalue weighted by atomic mass is 16.5. The molecule has 2 fully saturated rings. The molecular weight excluding hydrogens is 266 g/mol. The van der Waals surface area contributed by atoms with Gasteiger partial charge in [0.1, 0.15) is 12.2 Å². The molecule has 1 aromatic heterocycles. The molecule has 0 aromatic carbocycles. The predicted molar refractivity (Wildman–Crippen MR) is 63.8 cm³/mol. The van der Waals surface area contributed by atoms with Crippen molar-refractivity contribution in [3.05, 3.63) is 18.2 Å². The molecule has 3 rings (SSSR count). The maximum absolute atomic E-state index is 12.0. The molecule has 20 heavy (non-hydrogen) atoms. The number of hydrogen-bond donors (Lipinski definition) is 1. The van der Waals surface area contributed by atoms with Crippen LogP contribution in [0, 0.1) is 0 Å². The SMILES string of the molecule is O=C(O)c1cn(CCN2C(=O)C3CCC(O3)C2=O)cn1. The maximum Gasteiger partial charge on any atom is 0.356 e. The van der Waals surface area contributed by atoms with E-state index in [0.29, 0.717) is 19.4 Å². The number of rotatable bonds is 4. The van der Waals surface area contributed by atoms with Crippen molar-refractivity contribution in [1.29, 1.82) is 0 Å². The van der Waals surface area contributed by atoms with E-state index >= 15 is 0 Å². The molecule has 3 heterocycles. The van der Waals surface area contributed by atoms with Crippen molar-refractivity contribution in [3.8, 4) is 0 Å². The zero-order valence-electron chi connectivity index (χ0n) is 10.6. The highest BCUT2D eigenvalue weighted by Crippen LogP contribution is 2.28. The van der Waals surface area contributed by atoms with Gasteiger partial charge in [0.05, 0.1) is 6.33 Å². The average Bonchev–Trinajstić information content (AvgIpc) is 3.05. The largest absolute Gasteiger partial charge is 0.476 e. The van der Waals surface area contributed by atoms with Gasteiger partial charge in [0.2, 0.25) is 0 Å². The monoisotopic (exact) mass is 279 g/mol. The zero-order chi connectivity index (χ0) is 14.3. The van der Waals surface area contributed by atoms with Gasteiger partial charge in [-0.15, -0.1) is 0 Å². The number of imidazole rings is 1. The quantitative estimate of drug-likeness (QED) is 0.745. The number of carbonyl (C=O) groups excluding carboxylic acids is 2. The lowest BCUT2D eigenvalue weighted by molar-refractivity contribution is -0.168. The van der Waals surface area contributed by atoms with Gasteiger partial charge in [0.15, 0.2) is 5.69 Å². The molecule has 1 aromatic rings. The molecule has 2 aliphatic heterocycles. The Labute approximate surface area is 113 Å². The number of aromatic nitrogens is 2. The van der Waals surface area contributed by atoms with Crippen molar-refractivity contribution in [2.24, 2.45) is 0 Å². The van der Waals surface area contributed by atoms with Crippen LogP contribution in [0.25, 0.3) is 0 Å². The number of likely N-dealkylation sites (tertiary alicyclic amines) is 1. The van der Waals surface area contributed by atoms with Crippen LogP contribution < -0.4 is 0 Å². The number of morpholine rings is 1. The summed E-state index contributed by atoms with van der Waals surface area (Å²) in [4.78, 5) is 39.6. The Hall–Kier alpha value is -2.22. The fraction of sp³-hybridized carbons (Fsp3) is 0.500. The van der Waals surface area contributed by atoms with Crippen molar-refractivity contribution in [3.63, 3.8) is 0 Å². The van der Waals surface area contributed by atoms with Crippen LogP contribution in [0.1, 0.15) is 23.3 Å². The van der Waals surface area contributed by atoms with Crippen LogP contribution in [0.3, 0.4) is 0 Å². The fourth-order valence-corrected chi connectivity index (χ4v) is 2.49. The van der Waals surface area contributed by atoms with Gasteiger partial charge in [-0.1, -0.05) is 0 Å². The predicted octanol–water partition coefficient (Wildman–Crippen LogP) is -0.502. The van der Waals surface area contributed by atoms with E-state index in [9.17, 15) is 14.4 Å². The molecule has 0 saturated carbocycles. The average molecular weight is 279 g/mol. The van der Waals surface area contributed by atoms with Gasteiger partial charge >= 0.3 is 5.97 Å². The summed E-state index contributed by atoms with van der Waals surface area (Å²) in [5.74, 6) is -1.72. The molecule has 2 unspecified atom stereocenters. The Kier molecular flexibility index (Phi) is 3.01. The molecule has 2 atom stereocenters. The Balaban J connectivity index is 1.66. The first-order chi connectivity index (χ1) is 9.56. The van der Waals surface area contributed by atoms with Gasteiger partial charge in [0, 0.05) is 19.3 Å². The number of ether oxygens (including phenoxy) is 1. The third kappa shape index (κ3) is 2.07. The molecule has 2 aliphatic rings. The minimum atomic E-state index is -1.11. The Morgan fingerprint density at radius 3 is 2.50 bits per heavy atom. The van der Waals surface area contributed by atoms with Gasteiger partial charge in [-0.05, 0) is 12.8 Å². The normalized spacial score (nSPS) is 25.3. The molecule has 8 nitrogen and oxygen atoms in total. The van der Waals surface area contributed by atoms with Crippen LogP contribution in [0.15, 0.2) is 12.5 Å². The lowest BCUT2D eigenvalue weighted by atomic mass is 10.2.